The molecule has 0 bridgehead atoms. The number of carbonyl (C=O) groups is 1. The zero-order valence-corrected chi connectivity index (χ0v) is 10.3. The zero-order chi connectivity index (χ0) is 13.2. The van der Waals surface area contributed by atoms with Gasteiger partial charge in [-0.05, 0) is 24.6 Å². The Labute approximate surface area is 99.5 Å². The van der Waals surface area contributed by atoms with Crippen LogP contribution in [0.5, 0.6) is 5.75 Å². The number of sulfone groups is 1. The second kappa shape index (κ2) is 4.72. The Kier molecular flexibility index (Phi) is 3.74. The van der Waals surface area contributed by atoms with Crippen LogP contribution in [0.15, 0.2) is 23.1 Å². The van der Waals surface area contributed by atoms with E-state index < -0.39 is 21.1 Å². The molecule has 0 saturated heterocycles. The SMILES string of the molecule is COc1cc(S(=O)(=O)C(N)C(N)=O)ccc1C. The van der Waals surface area contributed by atoms with Crippen molar-refractivity contribution in [1.82, 2.24) is 0 Å². The van der Waals surface area contributed by atoms with Crippen LogP contribution in [0, 0.1) is 6.92 Å². The molecule has 1 rings (SSSR count). The summed E-state index contributed by atoms with van der Waals surface area (Å²) in [5.41, 5.74) is 10.9. The fourth-order valence-electron chi connectivity index (χ4n) is 1.28. The molecule has 0 aromatic heterocycles. The molecule has 17 heavy (non-hydrogen) atoms. The topological polar surface area (TPSA) is 112 Å². The predicted octanol–water partition coefficient (Wildman–Crippen LogP) is -0.453. The second-order valence-electron chi connectivity index (χ2n) is 3.50. The van der Waals surface area contributed by atoms with Crippen LogP contribution in [0.1, 0.15) is 5.56 Å². The van der Waals surface area contributed by atoms with E-state index in [0.29, 0.717) is 5.75 Å². The van der Waals surface area contributed by atoms with Crippen molar-refractivity contribution in [2.24, 2.45) is 11.5 Å². The first-order valence-electron chi connectivity index (χ1n) is 4.74. The number of nitrogens with two attached hydrogens (primary N) is 2. The monoisotopic (exact) mass is 258 g/mol. The summed E-state index contributed by atoms with van der Waals surface area (Å²) in [5.74, 6) is -0.688. The van der Waals surface area contributed by atoms with Gasteiger partial charge in [-0.1, -0.05) is 6.07 Å². The standard InChI is InChI=1S/C10H14N2O4S/c1-6-3-4-7(5-8(6)16-2)17(14,15)10(12)9(11)13/h3-5,10H,12H2,1-2H3,(H2,11,13). The number of amides is 1. The van der Waals surface area contributed by atoms with Gasteiger partial charge in [0.25, 0.3) is 0 Å². The summed E-state index contributed by atoms with van der Waals surface area (Å²) >= 11 is 0. The van der Waals surface area contributed by atoms with E-state index in [1.807, 2.05) is 0 Å². The lowest BCUT2D eigenvalue weighted by atomic mass is 10.2. The lowest BCUT2D eigenvalue weighted by Gasteiger charge is -2.11. The van der Waals surface area contributed by atoms with E-state index in [2.05, 4.69) is 0 Å². The van der Waals surface area contributed by atoms with Gasteiger partial charge in [-0.25, -0.2) is 8.42 Å². The van der Waals surface area contributed by atoms with Crippen molar-refractivity contribution in [2.75, 3.05) is 7.11 Å². The van der Waals surface area contributed by atoms with E-state index in [-0.39, 0.29) is 4.90 Å². The largest absolute Gasteiger partial charge is 0.496 e. The average molecular weight is 258 g/mol. The lowest BCUT2D eigenvalue weighted by Crippen LogP contribution is -2.43. The quantitative estimate of drug-likeness (QED) is 0.759. The van der Waals surface area contributed by atoms with Crippen molar-refractivity contribution in [3.8, 4) is 5.75 Å². The van der Waals surface area contributed by atoms with Crippen molar-refractivity contribution in [3.05, 3.63) is 23.8 Å². The molecule has 6 nitrogen and oxygen atoms in total. The Bertz CT molecular complexity index is 539. The second-order valence-corrected chi connectivity index (χ2v) is 5.57. The van der Waals surface area contributed by atoms with Gasteiger partial charge >= 0.3 is 0 Å². The van der Waals surface area contributed by atoms with Gasteiger partial charge in [0.15, 0.2) is 5.37 Å². The number of methoxy groups -OCH3 is 1. The Morgan fingerprint density at radius 3 is 2.47 bits per heavy atom. The Hall–Kier alpha value is -1.60. The molecule has 0 heterocycles. The molecule has 0 spiro atoms. The molecule has 1 amide bonds. The number of hydrogen-bond acceptors (Lipinski definition) is 5. The van der Waals surface area contributed by atoms with Crippen LogP contribution in [0.3, 0.4) is 0 Å². The zero-order valence-electron chi connectivity index (χ0n) is 9.51. The normalized spacial score (nSPS) is 13.1. The van der Waals surface area contributed by atoms with E-state index in [1.54, 1.807) is 13.0 Å². The number of hydrogen-bond donors (Lipinski definition) is 2. The summed E-state index contributed by atoms with van der Waals surface area (Å²) in [6, 6.07) is 4.24. The number of benzene rings is 1. The molecule has 1 atom stereocenters. The van der Waals surface area contributed by atoms with Gasteiger partial charge in [0, 0.05) is 0 Å². The molecular formula is C10H14N2O4S. The van der Waals surface area contributed by atoms with Crippen LogP contribution in [-0.4, -0.2) is 26.8 Å². The van der Waals surface area contributed by atoms with E-state index in [0.717, 1.165) is 5.56 Å². The fraction of sp³-hybridized carbons (Fsp3) is 0.300. The highest BCUT2D eigenvalue weighted by molar-refractivity contribution is 7.92. The van der Waals surface area contributed by atoms with Gasteiger partial charge in [0.1, 0.15) is 5.75 Å². The van der Waals surface area contributed by atoms with E-state index in [4.69, 9.17) is 16.2 Å². The summed E-state index contributed by atoms with van der Waals surface area (Å²) in [5, 5.41) is -1.75. The molecule has 1 unspecified atom stereocenters. The molecule has 0 aliphatic carbocycles. The predicted molar refractivity (Wildman–Crippen MR) is 62.1 cm³/mol. The van der Waals surface area contributed by atoms with Crippen LogP contribution in [-0.2, 0) is 14.6 Å². The molecular weight excluding hydrogens is 244 g/mol. The van der Waals surface area contributed by atoms with Crippen LogP contribution in [0.4, 0.5) is 0 Å². The first-order valence-corrected chi connectivity index (χ1v) is 6.28. The van der Waals surface area contributed by atoms with Gasteiger partial charge in [0.05, 0.1) is 12.0 Å². The summed E-state index contributed by atoms with van der Waals surface area (Å²) in [4.78, 5) is 10.7. The van der Waals surface area contributed by atoms with Crippen molar-refractivity contribution >= 4 is 15.7 Å². The number of primary amides is 1. The molecule has 0 aliphatic rings. The van der Waals surface area contributed by atoms with Crippen molar-refractivity contribution in [1.29, 1.82) is 0 Å². The molecule has 94 valence electrons. The molecule has 1 aromatic rings. The minimum atomic E-state index is -3.96. The Morgan fingerprint density at radius 1 is 1.41 bits per heavy atom. The van der Waals surface area contributed by atoms with Crippen LogP contribution in [0.25, 0.3) is 0 Å². The summed E-state index contributed by atoms with van der Waals surface area (Å²) in [6.45, 7) is 1.77. The first kappa shape index (κ1) is 13.5. The summed E-state index contributed by atoms with van der Waals surface area (Å²) in [7, 11) is -2.54. The third-order valence-corrected chi connectivity index (χ3v) is 4.13. The van der Waals surface area contributed by atoms with Gasteiger partial charge in [-0.2, -0.15) is 0 Å². The fourth-order valence-corrected chi connectivity index (χ4v) is 2.40. The highest BCUT2D eigenvalue weighted by Gasteiger charge is 2.29. The van der Waals surface area contributed by atoms with Crippen LogP contribution in [0.2, 0.25) is 0 Å². The molecule has 7 heteroatoms. The lowest BCUT2D eigenvalue weighted by molar-refractivity contribution is -0.117. The first-order chi connectivity index (χ1) is 7.80. The van der Waals surface area contributed by atoms with Gasteiger partial charge in [0.2, 0.25) is 15.7 Å². The number of carbonyl (C=O) groups excluding carboxylic acids is 1. The minimum absolute atomic E-state index is 0.0914. The van der Waals surface area contributed by atoms with Crippen LogP contribution < -0.4 is 16.2 Å². The minimum Gasteiger partial charge on any atom is -0.496 e. The molecule has 0 aliphatic heterocycles. The highest BCUT2D eigenvalue weighted by atomic mass is 32.2. The van der Waals surface area contributed by atoms with Crippen molar-refractivity contribution in [2.45, 2.75) is 17.2 Å². The third kappa shape index (κ3) is 2.56. The molecule has 0 saturated carbocycles. The van der Waals surface area contributed by atoms with E-state index in [9.17, 15) is 13.2 Å². The van der Waals surface area contributed by atoms with E-state index >= 15 is 0 Å². The molecule has 1 aromatic carbocycles. The maximum Gasteiger partial charge on any atom is 0.250 e. The smallest absolute Gasteiger partial charge is 0.250 e. The van der Waals surface area contributed by atoms with Gasteiger partial charge < -0.3 is 16.2 Å². The molecule has 0 radical (unpaired) electrons. The Balaban J connectivity index is 3.30. The van der Waals surface area contributed by atoms with Crippen molar-refractivity contribution in [3.63, 3.8) is 0 Å². The summed E-state index contributed by atoms with van der Waals surface area (Å²) < 4.78 is 28.7. The average Bonchev–Trinajstić information content (AvgIpc) is 2.28. The maximum atomic E-state index is 11.9. The van der Waals surface area contributed by atoms with Crippen molar-refractivity contribution < 1.29 is 17.9 Å². The Morgan fingerprint density at radius 2 is 2.00 bits per heavy atom. The van der Waals surface area contributed by atoms with Crippen LogP contribution >= 0.6 is 0 Å². The molecule has 4 N–H and O–H groups in total. The van der Waals surface area contributed by atoms with Gasteiger partial charge in [-0.3, -0.25) is 4.79 Å². The number of aryl methyl sites for hydroxylation is 1. The van der Waals surface area contributed by atoms with Gasteiger partial charge in [-0.15, -0.1) is 0 Å². The molecule has 0 fully saturated rings. The maximum absolute atomic E-state index is 11.9. The van der Waals surface area contributed by atoms with E-state index in [1.165, 1.54) is 19.2 Å². The summed E-state index contributed by atoms with van der Waals surface area (Å²) in [6.07, 6.45) is 0. The number of ether oxygens (including phenoxy) is 1. The highest BCUT2D eigenvalue weighted by Crippen LogP contribution is 2.23. The number of rotatable bonds is 4. The third-order valence-electron chi connectivity index (χ3n) is 2.32.